The number of hydrogen-bond donors (Lipinski definition) is 0. The van der Waals surface area contributed by atoms with Gasteiger partial charge in [-0.2, -0.15) is 0 Å². The van der Waals surface area contributed by atoms with Gasteiger partial charge in [-0.05, 0) is 46.7 Å². The smallest absolute Gasteiger partial charge is 0.338 e. The summed E-state index contributed by atoms with van der Waals surface area (Å²) in [7, 11) is 0. The lowest BCUT2D eigenvalue weighted by molar-refractivity contribution is -0.139. The standard InChI is InChI=1S/C17H17IO3/c1-3-5-15(6-4-2)17(20)21-12-14-9-7-13(8-10-14)11-16(18)19/h3-10H,1,11-12H2,2H3/b6-4-,15-5+. The van der Waals surface area contributed by atoms with Crippen LogP contribution in [0.4, 0.5) is 0 Å². The summed E-state index contributed by atoms with van der Waals surface area (Å²) >= 11 is 1.77. The third kappa shape index (κ3) is 6.53. The van der Waals surface area contributed by atoms with Crippen molar-refractivity contribution in [1.82, 2.24) is 0 Å². The van der Waals surface area contributed by atoms with Crippen LogP contribution in [0.25, 0.3) is 0 Å². The molecule has 0 heterocycles. The monoisotopic (exact) mass is 396 g/mol. The summed E-state index contributed by atoms with van der Waals surface area (Å²) in [6.45, 7) is 5.60. The number of esters is 1. The van der Waals surface area contributed by atoms with Crippen molar-refractivity contribution in [2.75, 3.05) is 0 Å². The second-order valence-electron chi connectivity index (χ2n) is 4.28. The Morgan fingerprint density at radius 2 is 1.86 bits per heavy atom. The first-order valence-corrected chi connectivity index (χ1v) is 7.53. The molecule has 0 aliphatic carbocycles. The fourth-order valence-electron chi connectivity index (χ4n) is 1.64. The molecule has 0 bridgehead atoms. The predicted octanol–water partition coefficient (Wildman–Crippen LogP) is 3.92. The van der Waals surface area contributed by atoms with E-state index in [1.54, 1.807) is 46.9 Å². The molecule has 0 fully saturated rings. The maximum atomic E-state index is 11.9. The summed E-state index contributed by atoms with van der Waals surface area (Å²) in [5.74, 6) is -0.389. The van der Waals surface area contributed by atoms with Gasteiger partial charge in [-0.25, -0.2) is 4.79 Å². The van der Waals surface area contributed by atoms with Gasteiger partial charge in [0.1, 0.15) is 6.61 Å². The van der Waals surface area contributed by atoms with E-state index < -0.39 is 0 Å². The van der Waals surface area contributed by atoms with E-state index in [2.05, 4.69) is 6.58 Å². The van der Waals surface area contributed by atoms with E-state index in [1.165, 1.54) is 0 Å². The van der Waals surface area contributed by atoms with Crippen LogP contribution in [0.3, 0.4) is 0 Å². The Hall–Kier alpha value is -1.69. The van der Waals surface area contributed by atoms with Gasteiger partial charge >= 0.3 is 5.97 Å². The maximum absolute atomic E-state index is 11.9. The molecule has 110 valence electrons. The lowest BCUT2D eigenvalue weighted by Gasteiger charge is -2.06. The average Bonchev–Trinajstić information content (AvgIpc) is 2.45. The minimum Gasteiger partial charge on any atom is -0.457 e. The number of ether oxygens (including phenoxy) is 1. The van der Waals surface area contributed by atoms with E-state index in [9.17, 15) is 9.59 Å². The van der Waals surface area contributed by atoms with Gasteiger partial charge in [0.25, 0.3) is 0 Å². The highest BCUT2D eigenvalue weighted by molar-refractivity contribution is 14.1. The highest BCUT2D eigenvalue weighted by Crippen LogP contribution is 2.10. The van der Waals surface area contributed by atoms with Crippen LogP contribution < -0.4 is 0 Å². The molecule has 0 amide bonds. The van der Waals surface area contributed by atoms with E-state index in [-0.39, 0.29) is 16.4 Å². The lowest BCUT2D eigenvalue weighted by Crippen LogP contribution is -2.06. The minimum atomic E-state index is -0.389. The van der Waals surface area contributed by atoms with Crippen molar-refractivity contribution in [3.05, 3.63) is 71.8 Å². The molecule has 0 aliphatic heterocycles. The van der Waals surface area contributed by atoms with Gasteiger partial charge in [0.05, 0.1) is 5.57 Å². The third-order valence-electron chi connectivity index (χ3n) is 2.62. The predicted molar refractivity (Wildman–Crippen MR) is 92.1 cm³/mol. The van der Waals surface area contributed by atoms with Crippen LogP contribution in [0.5, 0.6) is 0 Å². The van der Waals surface area contributed by atoms with E-state index in [0.717, 1.165) is 11.1 Å². The Morgan fingerprint density at radius 1 is 1.24 bits per heavy atom. The molecule has 3 nitrogen and oxygen atoms in total. The number of allylic oxidation sites excluding steroid dienone is 3. The first-order valence-electron chi connectivity index (χ1n) is 6.45. The Morgan fingerprint density at radius 3 is 2.38 bits per heavy atom. The number of benzene rings is 1. The average molecular weight is 396 g/mol. The first-order chi connectivity index (χ1) is 10.1. The van der Waals surface area contributed by atoms with Gasteiger partial charge in [0, 0.05) is 6.42 Å². The molecule has 0 aliphatic rings. The van der Waals surface area contributed by atoms with Gasteiger partial charge in [-0.3, -0.25) is 4.79 Å². The molecule has 0 spiro atoms. The molecule has 0 aromatic heterocycles. The molecule has 0 unspecified atom stereocenters. The van der Waals surface area contributed by atoms with Crippen LogP contribution in [0.2, 0.25) is 0 Å². The van der Waals surface area contributed by atoms with Crippen LogP contribution in [0.15, 0.2) is 60.7 Å². The van der Waals surface area contributed by atoms with Crippen LogP contribution in [0.1, 0.15) is 18.1 Å². The van der Waals surface area contributed by atoms with E-state index >= 15 is 0 Å². The first kappa shape index (κ1) is 17.4. The SMILES string of the molecule is C=C/C=C(\C=C/C)C(=O)OCc1ccc(CC(=O)I)cc1. The van der Waals surface area contributed by atoms with Crippen LogP contribution in [-0.4, -0.2) is 9.76 Å². The number of carbonyl (C=O) groups is 2. The van der Waals surface area contributed by atoms with E-state index in [0.29, 0.717) is 12.0 Å². The minimum absolute atomic E-state index is 0.0948. The number of rotatable bonds is 7. The number of hydrogen-bond acceptors (Lipinski definition) is 3. The number of carbonyl (C=O) groups excluding carboxylic acids is 2. The molecule has 0 N–H and O–H groups in total. The molecular formula is C17H17IO3. The Labute approximate surface area is 138 Å². The van der Waals surface area contributed by atoms with Gasteiger partial charge in [-0.15, -0.1) is 0 Å². The van der Waals surface area contributed by atoms with Crippen molar-refractivity contribution in [3.63, 3.8) is 0 Å². The molecular weight excluding hydrogens is 379 g/mol. The zero-order valence-corrected chi connectivity index (χ0v) is 14.0. The maximum Gasteiger partial charge on any atom is 0.338 e. The highest BCUT2D eigenvalue weighted by atomic mass is 127. The highest BCUT2D eigenvalue weighted by Gasteiger charge is 2.07. The zero-order chi connectivity index (χ0) is 15.7. The van der Waals surface area contributed by atoms with Gasteiger partial charge < -0.3 is 4.74 Å². The molecule has 0 atom stereocenters. The third-order valence-corrected chi connectivity index (χ3v) is 3.00. The Kier molecular flexibility index (Phi) is 7.68. The molecule has 21 heavy (non-hydrogen) atoms. The van der Waals surface area contributed by atoms with E-state index in [1.807, 2.05) is 31.2 Å². The molecule has 1 rings (SSSR count). The topological polar surface area (TPSA) is 43.4 Å². The van der Waals surface area contributed by atoms with Crippen molar-refractivity contribution in [2.45, 2.75) is 20.0 Å². The fraction of sp³-hybridized carbons (Fsp3) is 0.176. The van der Waals surface area contributed by atoms with Gasteiger partial charge in [-0.1, -0.05) is 49.1 Å². The molecule has 0 saturated heterocycles. The quantitative estimate of drug-likeness (QED) is 0.231. The van der Waals surface area contributed by atoms with Crippen LogP contribution >= 0.6 is 22.6 Å². The summed E-state index contributed by atoms with van der Waals surface area (Å²) in [6, 6.07) is 7.45. The molecule has 0 saturated carbocycles. The van der Waals surface area contributed by atoms with Crippen LogP contribution in [-0.2, 0) is 27.4 Å². The van der Waals surface area contributed by atoms with E-state index in [4.69, 9.17) is 4.74 Å². The summed E-state index contributed by atoms with van der Waals surface area (Å²) in [4.78, 5) is 22.9. The summed E-state index contributed by atoms with van der Waals surface area (Å²) in [6.07, 6.45) is 7.02. The summed E-state index contributed by atoms with van der Waals surface area (Å²) in [5.41, 5.74) is 2.29. The molecule has 1 aromatic rings. The molecule has 4 heteroatoms. The van der Waals surface area contributed by atoms with Crippen molar-refractivity contribution in [3.8, 4) is 0 Å². The largest absolute Gasteiger partial charge is 0.457 e. The number of halogens is 1. The Balaban J connectivity index is 2.62. The fourth-order valence-corrected chi connectivity index (χ4v) is 2.08. The second kappa shape index (κ2) is 9.28. The molecule has 1 aromatic carbocycles. The van der Waals surface area contributed by atoms with Crippen molar-refractivity contribution >= 4 is 32.4 Å². The molecule has 0 radical (unpaired) electrons. The zero-order valence-electron chi connectivity index (χ0n) is 11.8. The Bertz CT molecular complexity index is 568. The summed E-state index contributed by atoms with van der Waals surface area (Å²) in [5, 5.41) is 0. The normalized spacial score (nSPS) is 11.4. The van der Waals surface area contributed by atoms with Crippen molar-refractivity contribution < 1.29 is 14.3 Å². The van der Waals surface area contributed by atoms with Gasteiger partial charge in [0.2, 0.25) is 0 Å². The second-order valence-corrected chi connectivity index (χ2v) is 5.49. The van der Waals surface area contributed by atoms with Gasteiger partial charge in [0.15, 0.2) is 3.79 Å². The van der Waals surface area contributed by atoms with Crippen LogP contribution in [0, 0.1) is 0 Å². The summed E-state index contributed by atoms with van der Waals surface area (Å²) < 4.78 is 5.34. The van der Waals surface area contributed by atoms with Crippen molar-refractivity contribution in [2.24, 2.45) is 0 Å². The lowest BCUT2D eigenvalue weighted by atomic mass is 10.1. The van der Waals surface area contributed by atoms with Crippen molar-refractivity contribution in [1.29, 1.82) is 0 Å².